The van der Waals surface area contributed by atoms with Crippen LogP contribution < -0.4 is 5.73 Å². The molecule has 0 aliphatic rings. The van der Waals surface area contributed by atoms with Crippen LogP contribution in [0.2, 0.25) is 0 Å². The van der Waals surface area contributed by atoms with Gasteiger partial charge in [0.1, 0.15) is 5.52 Å². The lowest BCUT2D eigenvalue weighted by Gasteiger charge is -2.03. The number of hydrogen-bond donors (Lipinski definition) is 2. The van der Waals surface area contributed by atoms with Crippen molar-refractivity contribution < 1.29 is 0 Å². The Balaban J connectivity index is 1.97. The van der Waals surface area contributed by atoms with E-state index in [0.717, 1.165) is 23.3 Å². The van der Waals surface area contributed by atoms with E-state index in [0.29, 0.717) is 12.1 Å². The van der Waals surface area contributed by atoms with Crippen molar-refractivity contribution in [2.24, 2.45) is 0 Å². The van der Waals surface area contributed by atoms with Crippen LogP contribution in [0.15, 0.2) is 24.7 Å². The van der Waals surface area contributed by atoms with Crippen LogP contribution in [-0.4, -0.2) is 24.9 Å². The fourth-order valence-electron chi connectivity index (χ4n) is 1.98. The summed E-state index contributed by atoms with van der Waals surface area (Å²) in [5, 5.41) is 0. The Morgan fingerprint density at radius 2 is 2.11 bits per heavy atom. The molecule has 0 fully saturated rings. The lowest BCUT2D eigenvalue weighted by atomic mass is 10.1. The summed E-state index contributed by atoms with van der Waals surface area (Å²) in [4.78, 5) is 19.9. The molecular formula is C13H14N6. The third-order valence-corrected chi connectivity index (χ3v) is 3.02. The van der Waals surface area contributed by atoms with Gasteiger partial charge in [0.2, 0.25) is 5.95 Å². The van der Waals surface area contributed by atoms with Crippen LogP contribution >= 0.6 is 0 Å². The Kier molecular flexibility index (Phi) is 2.83. The van der Waals surface area contributed by atoms with Crippen molar-refractivity contribution in [3.8, 4) is 0 Å². The van der Waals surface area contributed by atoms with Crippen LogP contribution in [0, 0.1) is 0 Å². The number of imidazole rings is 1. The second kappa shape index (κ2) is 4.64. The topological polar surface area (TPSA) is 93.4 Å². The molecule has 6 heteroatoms. The Morgan fingerprint density at radius 1 is 1.21 bits per heavy atom. The van der Waals surface area contributed by atoms with E-state index in [-0.39, 0.29) is 5.95 Å². The monoisotopic (exact) mass is 254 g/mol. The Hall–Kier alpha value is -2.50. The summed E-state index contributed by atoms with van der Waals surface area (Å²) in [6.45, 7) is 2.11. The van der Waals surface area contributed by atoms with Gasteiger partial charge in [-0.05, 0) is 18.1 Å². The van der Waals surface area contributed by atoms with Crippen molar-refractivity contribution in [3.63, 3.8) is 0 Å². The number of fused-ring (bicyclic) bond motifs is 1. The first kappa shape index (κ1) is 11.6. The maximum absolute atomic E-state index is 5.69. The minimum Gasteiger partial charge on any atom is -0.368 e. The van der Waals surface area contributed by atoms with Crippen molar-refractivity contribution in [2.75, 3.05) is 5.73 Å². The molecule has 0 atom stereocenters. The molecule has 3 rings (SSSR count). The fraction of sp³-hybridized carbons (Fsp3) is 0.231. The smallest absolute Gasteiger partial charge is 0.222 e. The Bertz CT molecular complexity index is 701. The van der Waals surface area contributed by atoms with Gasteiger partial charge in [-0.3, -0.25) is 4.98 Å². The summed E-state index contributed by atoms with van der Waals surface area (Å²) in [5.74, 6) is 0.236. The molecule has 3 heterocycles. The van der Waals surface area contributed by atoms with Gasteiger partial charge in [0.05, 0.1) is 12.0 Å². The van der Waals surface area contributed by atoms with Gasteiger partial charge in [0, 0.05) is 18.3 Å². The average molecular weight is 254 g/mol. The van der Waals surface area contributed by atoms with Crippen molar-refractivity contribution in [1.82, 2.24) is 24.9 Å². The largest absolute Gasteiger partial charge is 0.368 e. The second-order valence-corrected chi connectivity index (χ2v) is 4.32. The number of pyridine rings is 1. The third-order valence-electron chi connectivity index (χ3n) is 3.02. The normalized spacial score (nSPS) is 11.0. The predicted octanol–water partition coefficient (Wildman–Crippen LogP) is 1.48. The molecule has 6 nitrogen and oxygen atoms in total. The van der Waals surface area contributed by atoms with Crippen LogP contribution in [0.5, 0.6) is 0 Å². The lowest BCUT2D eigenvalue weighted by Crippen LogP contribution is -2.02. The molecule has 96 valence electrons. The number of nitrogens with two attached hydrogens (primary N) is 1. The first-order chi connectivity index (χ1) is 9.26. The maximum Gasteiger partial charge on any atom is 0.222 e. The van der Waals surface area contributed by atoms with Gasteiger partial charge in [-0.1, -0.05) is 13.0 Å². The van der Waals surface area contributed by atoms with Crippen molar-refractivity contribution in [3.05, 3.63) is 41.6 Å². The minimum atomic E-state index is 0.236. The molecule has 0 saturated heterocycles. The molecule has 0 aliphatic heterocycles. The van der Waals surface area contributed by atoms with Crippen LogP contribution in [0.4, 0.5) is 5.95 Å². The van der Waals surface area contributed by atoms with Crippen LogP contribution in [-0.2, 0) is 12.8 Å². The average Bonchev–Trinajstić information content (AvgIpc) is 2.88. The Morgan fingerprint density at radius 3 is 2.84 bits per heavy atom. The summed E-state index contributed by atoms with van der Waals surface area (Å²) >= 11 is 0. The molecule has 0 amide bonds. The summed E-state index contributed by atoms with van der Waals surface area (Å²) in [7, 11) is 0. The van der Waals surface area contributed by atoms with Gasteiger partial charge in [0.25, 0.3) is 0 Å². The van der Waals surface area contributed by atoms with E-state index in [1.165, 1.54) is 5.56 Å². The van der Waals surface area contributed by atoms with Gasteiger partial charge >= 0.3 is 0 Å². The van der Waals surface area contributed by atoms with Gasteiger partial charge in [-0.25, -0.2) is 9.97 Å². The van der Waals surface area contributed by atoms with E-state index in [1.54, 1.807) is 6.33 Å². The maximum atomic E-state index is 5.69. The molecule has 3 aromatic rings. The molecular weight excluding hydrogens is 240 g/mol. The first-order valence-electron chi connectivity index (χ1n) is 6.15. The van der Waals surface area contributed by atoms with Crippen LogP contribution in [0.25, 0.3) is 11.2 Å². The van der Waals surface area contributed by atoms with Crippen LogP contribution in [0.3, 0.4) is 0 Å². The molecule has 3 aromatic heterocycles. The molecule has 0 bridgehead atoms. The van der Waals surface area contributed by atoms with E-state index in [1.807, 2.05) is 12.3 Å². The SMILES string of the molecule is CCc1ccc(Cc2nc(N)nc3nc[nH]c23)nc1. The number of aromatic amines is 1. The molecule has 0 radical (unpaired) electrons. The van der Waals surface area contributed by atoms with Gasteiger partial charge in [-0.2, -0.15) is 4.98 Å². The molecule has 0 saturated carbocycles. The predicted molar refractivity (Wildman–Crippen MR) is 72.5 cm³/mol. The van der Waals surface area contributed by atoms with Gasteiger partial charge in [0.15, 0.2) is 5.65 Å². The summed E-state index contributed by atoms with van der Waals surface area (Å²) in [5.41, 5.74) is 10.1. The van der Waals surface area contributed by atoms with Crippen molar-refractivity contribution in [2.45, 2.75) is 19.8 Å². The minimum absolute atomic E-state index is 0.236. The third kappa shape index (κ3) is 2.24. The van der Waals surface area contributed by atoms with Gasteiger partial charge in [-0.15, -0.1) is 0 Å². The van der Waals surface area contributed by atoms with E-state index < -0.39 is 0 Å². The first-order valence-corrected chi connectivity index (χ1v) is 6.15. The Labute approximate surface area is 110 Å². The number of hydrogen-bond acceptors (Lipinski definition) is 5. The lowest BCUT2D eigenvalue weighted by molar-refractivity contribution is 0.992. The standard InChI is InChI=1S/C13H14N6/c1-2-8-3-4-9(15-6-8)5-10-11-12(17-7-16-11)19-13(14)18-10/h3-4,6-7H,2,5H2,1H3,(H3,14,16,17,18,19). The van der Waals surface area contributed by atoms with Gasteiger partial charge < -0.3 is 10.7 Å². The molecule has 0 spiro atoms. The highest BCUT2D eigenvalue weighted by atomic mass is 15.1. The molecule has 3 N–H and O–H groups in total. The summed E-state index contributed by atoms with van der Waals surface area (Å²) < 4.78 is 0. The highest BCUT2D eigenvalue weighted by molar-refractivity contribution is 5.74. The van der Waals surface area contributed by atoms with Crippen molar-refractivity contribution >= 4 is 17.1 Å². The number of rotatable bonds is 3. The fourth-order valence-corrected chi connectivity index (χ4v) is 1.98. The second-order valence-electron chi connectivity index (χ2n) is 4.32. The van der Waals surface area contributed by atoms with E-state index in [2.05, 4.69) is 37.9 Å². The number of nitrogens with one attached hydrogen (secondary N) is 1. The molecule has 19 heavy (non-hydrogen) atoms. The quantitative estimate of drug-likeness (QED) is 0.738. The number of aryl methyl sites for hydroxylation is 1. The highest BCUT2D eigenvalue weighted by Gasteiger charge is 2.09. The zero-order valence-corrected chi connectivity index (χ0v) is 10.6. The number of aromatic nitrogens is 5. The van der Waals surface area contributed by atoms with E-state index in [4.69, 9.17) is 5.73 Å². The highest BCUT2D eigenvalue weighted by Crippen LogP contribution is 2.15. The van der Waals surface area contributed by atoms with E-state index in [9.17, 15) is 0 Å². The summed E-state index contributed by atoms with van der Waals surface area (Å²) in [6.07, 6.45) is 5.08. The number of nitrogens with zero attached hydrogens (tertiary/aromatic N) is 4. The summed E-state index contributed by atoms with van der Waals surface area (Å²) in [6, 6.07) is 4.09. The zero-order valence-electron chi connectivity index (χ0n) is 10.6. The molecule has 0 aromatic carbocycles. The molecule has 0 unspecified atom stereocenters. The van der Waals surface area contributed by atoms with Crippen molar-refractivity contribution in [1.29, 1.82) is 0 Å². The molecule has 0 aliphatic carbocycles. The number of H-pyrrole nitrogens is 1. The zero-order chi connectivity index (χ0) is 13.2. The number of nitrogen functional groups attached to an aromatic ring is 1. The van der Waals surface area contributed by atoms with E-state index >= 15 is 0 Å². The van der Waals surface area contributed by atoms with Crippen LogP contribution in [0.1, 0.15) is 23.9 Å². The number of anilines is 1.